The van der Waals surface area contributed by atoms with Crippen LogP contribution in [0.2, 0.25) is 0 Å². The molecule has 0 radical (unpaired) electrons. The van der Waals surface area contributed by atoms with Crippen LogP contribution in [0.15, 0.2) is 18.2 Å². The summed E-state index contributed by atoms with van der Waals surface area (Å²) in [4.78, 5) is 24.3. The summed E-state index contributed by atoms with van der Waals surface area (Å²) >= 11 is 0. The van der Waals surface area contributed by atoms with E-state index in [0.29, 0.717) is 0 Å². The van der Waals surface area contributed by atoms with Crippen molar-refractivity contribution in [2.75, 3.05) is 20.6 Å². The molecule has 0 aliphatic carbocycles. The first-order valence-electron chi connectivity index (χ1n) is 5.43. The molecule has 0 heterocycles. The van der Waals surface area contributed by atoms with Gasteiger partial charge in [-0.25, -0.2) is 0 Å². The third-order valence-electron chi connectivity index (χ3n) is 2.52. The molecular weight excluding hydrogens is 236 g/mol. The monoisotopic (exact) mass is 252 g/mol. The van der Waals surface area contributed by atoms with Crippen molar-refractivity contribution < 1.29 is 19.8 Å². The topological polar surface area (TPSA) is 89.9 Å². The van der Waals surface area contributed by atoms with Gasteiger partial charge in [-0.05, 0) is 18.2 Å². The standard InChI is InChI=1S/C12H16N2O4/c1-13-11(17)5-6-14(2)12(18)8-3-4-9(15)10(16)7-8/h3-4,7,15-16H,5-6H2,1-2H3,(H,13,17). The van der Waals surface area contributed by atoms with Crippen molar-refractivity contribution in [1.82, 2.24) is 10.2 Å². The molecule has 0 unspecified atom stereocenters. The number of benzene rings is 1. The number of carbonyl (C=O) groups is 2. The van der Waals surface area contributed by atoms with Crippen molar-refractivity contribution in [3.63, 3.8) is 0 Å². The molecule has 98 valence electrons. The lowest BCUT2D eigenvalue weighted by Crippen LogP contribution is -2.31. The Labute approximate surface area is 105 Å². The molecule has 18 heavy (non-hydrogen) atoms. The number of hydrogen-bond donors (Lipinski definition) is 3. The lowest BCUT2D eigenvalue weighted by molar-refractivity contribution is -0.120. The van der Waals surface area contributed by atoms with Crippen LogP contribution in [0.25, 0.3) is 0 Å². The first-order valence-corrected chi connectivity index (χ1v) is 5.43. The number of nitrogens with one attached hydrogen (secondary N) is 1. The van der Waals surface area contributed by atoms with Gasteiger partial charge in [0, 0.05) is 32.6 Å². The minimum Gasteiger partial charge on any atom is -0.504 e. The van der Waals surface area contributed by atoms with E-state index in [1.807, 2.05) is 0 Å². The highest BCUT2D eigenvalue weighted by Gasteiger charge is 2.14. The van der Waals surface area contributed by atoms with Crippen LogP contribution in [0.3, 0.4) is 0 Å². The van der Waals surface area contributed by atoms with Gasteiger partial charge in [0.15, 0.2) is 11.5 Å². The van der Waals surface area contributed by atoms with Crippen LogP contribution < -0.4 is 5.32 Å². The largest absolute Gasteiger partial charge is 0.504 e. The zero-order chi connectivity index (χ0) is 13.7. The van der Waals surface area contributed by atoms with Gasteiger partial charge in [-0.3, -0.25) is 9.59 Å². The molecule has 0 saturated heterocycles. The number of rotatable bonds is 4. The third kappa shape index (κ3) is 3.38. The van der Waals surface area contributed by atoms with Crippen molar-refractivity contribution in [3.05, 3.63) is 23.8 Å². The maximum atomic E-state index is 11.9. The zero-order valence-corrected chi connectivity index (χ0v) is 10.3. The van der Waals surface area contributed by atoms with Gasteiger partial charge in [-0.1, -0.05) is 0 Å². The minimum atomic E-state index is -0.347. The molecular formula is C12H16N2O4. The highest BCUT2D eigenvalue weighted by molar-refractivity contribution is 5.95. The molecule has 0 bridgehead atoms. The van der Waals surface area contributed by atoms with Gasteiger partial charge in [0.25, 0.3) is 5.91 Å². The highest BCUT2D eigenvalue weighted by atomic mass is 16.3. The summed E-state index contributed by atoms with van der Waals surface area (Å²) in [6.07, 6.45) is 0.211. The number of hydrogen-bond acceptors (Lipinski definition) is 4. The molecule has 0 aromatic heterocycles. The summed E-state index contributed by atoms with van der Waals surface area (Å²) in [5.41, 5.74) is 0.254. The molecule has 0 atom stereocenters. The van der Waals surface area contributed by atoms with E-state index in [-0.39, 0.29) is 41.8 Å². The third-order valence-corrected chi connectivity index (χ3v) is 2.52. The fraction of sp³-hybridized carbons (Fsp3) is 0.333. The molecule has 0 aliphatic rings. The van der Waals surface area contributed by atoms with Crippen molar-refractivity contribution in [2.45, 2.75) is 6.42 Å². The van der Waals surface area contributed by atoms with E-state index in [0.717, 1.165) is 0 Å². The van der Waals surface area contributed by atoms with Crippen molar-refractivity contribution in [2.24, 2.45) is 0 Å². The second-order valence-corrected chi connectivity index (χ2v) is 3.85. The average molecular weight is 252 g/mol. The van der Waals surface area contributed by atoms with Crippen molar-refractivity contribution in [1.29, 1.82) is 0 Å². The van der Waals surface area contributed by atoms with Gasteiger partial charge in [0.1, 0.15) is 0 Å². The van der Waals surface area contributed by atoms with Gasteiger partial charge < -0.3 is 20.4 Å². The molecule has 0 aliphatic heterocycles. The summed E-state index contributed by atoms with van der Waals surface area (Å²) < 4.78 is 0. The Kier molecular flexibility index (Phi) is 4.53. The summed E-state index contributed by atoms with van der Waals surface area (Å²) in [5, 5.41) is 20.9. The van der Waals surface area contributed by atoms with Gasteiger partial charge in [-0.2, -0.15) is 0 Å². The molecule has 3 N–H and O–H groups in total. The Bertz CT molecular complexity index is 459. The molecule has 1 aromatic rings. The first-order chi connectivity index (χ1) is 8.45. The zero-order valence-electron chi connectivity index (χ0n) is 10.3. The normalized spacial score (nSPS) is 9.89. The quantitative estimate of drug-likeness (QED) is 0.672. The van der Waals surface area contributed by atoms with E-state index >= 15 is 0 Å². The number of amides is 2. The van der Waals surface area contributed by atoms with Crippen LogP contribution in [0, 0.1) is 0 Å². The van der Waals surface area contributed by atoms with Crippen LogP contribution in [-0.4, -0.2) is 47.6 Å². The number of carbonyl (C=O) groups excluding carboxylic acids is 2. The Morgan fingerprint density at radius 2 is 1.94 bits per heavy atom. The summed E-state index contributed by atoms with van der Waals surface area (Å²) in [6.45, 7) is 0.278. The van der Waals surface area contributed by atoms with E-state index < -0.39 is 0 Å². The SMILES string of the molecule is CNC(=O)CCN(C)C(=O)c1ccc(O)c(O)c1. The van der Waals surface area contributed by atoms with Gasteiger partial charge in [0.2, 0.25) is 5.91 Å². The highest BCUT2D eigenvalue weighted by Crippen LogP contribution is 2.25. The van der Waals surface area contributed by atoms with Crippen LogP contribution in [0.4, 0.5) is 0 Å². The van der Waals surface area contributed by atoms with E-state index in [1.54, 1.807) is 7.05 Å². The predicted octanol–water partition coefficient (Wildman–Crippen LogP) is 0.306. The Balaban J connectivity index is 2.68. The molecule has 6 nitrogen and oxygen atoms in total. The van der Waals surface area contributed by atoms with Crippen LogP contribution in [-0.2, 0) is 4.79 Å². The Morgan fingerprint density at radius 3 is 2.50 bits per heavy atom. The average Bonchev–Trinajstić information content (AvgIpc) is 2.37. The van der Waals surface area contributed by atoms with E-state index in [4.69, 9.17) is 5.11 Å². The second-order valence-electron chi connectivity index (χ2n) is 3.85. The van der Waals surface area contributed by atoms with Crippen LogP contribution in [0.5, 0.6) is 11.5 Å². The minimum absolute atomic E-state index is 0.150. The van der Waals surface area contributed by atoms with E-state index in [1.165, 1.54) is 30.1 Å². The Morgan fingerprint density at radius 1 is 1.28 bits per heavy atom. The fourth-order valence-electron chi connectivity index (χ4n) is 1.37. The number of aromatic hydroxyl groups is 2. The summed E-state index contributed by atoms with van der Waals surface area (Å²) in [7, 11) is 3.09. The van der Waals surface area contributed by atoms with Gasteiger partial charge >= 0.3 is 0 Å². The van der Waals surface area contributed by atoms with Crippen LogP contribution >= 0.6 is 0 Å². The van der Waals surface area contributed by atoms with Gasteiger partial charge in [-0.15, -0.1) is 0 Å². The fourth-order valence-corrected chi connectivity index (χ4v) is 1.37. The first kappa shape index (κ1) is 13.8. The summed E-state index contributed by atoms with van der Waals surface area (Å²) in [5.74, 6) is -1.10. The summed E-state index contributed by atoms with van der Waals surface area (Å²) in [6, 6.07) is 3.84. The molecule has 0 spiro atoms. The van der Waals surface area contributed by atoms with Crippen molar-refractivity contribution in [3.8, 4) is 11.5 Å². The number of phenolic OH excluding ortho intramolecular Hbond substituents is 2. The lowest BCUT2D eigenvalue weighted by Gasteiger charge is -2.16. The lowest BCUT2D eigenvalue weighted by atomic mass is 10.1. The van der Waals surface area contributed by atoms with Gasteiger partial charge in [0.05, 0.1) is 0 Å². The van der Waals surface area contributed by atoms with Crippen LogP contribution in [0.1, 0.15) is 16.8 Å². The predicted molar refractivity (Wildman–Crippen MR) is 65.4 cm³/mol. The Hall–Kier alpha value is -2.24. The van der Waals surface area contributed by atoms with E-state index in [9.17, 15) is 14.7 Å². The maximum Gasteiger partial charge on any atom is 0.253 e. The number of nitrogens with zero attached hydrogens (tertiary/aromatic N) is 1. The van der Waals surface area contributed by atoms with E-state index in [2.05, 4.69) is 5.32 Å². The molecule has 6 heteroatoms. The molecule has 2 amide bonds. The smallest absolute Gasteiger partial charge is 0.253 e. The second kappa shape index (κ2) is 5.90. The maximum absolute atomic E-state index is 11.9. The molecule has 0 saturated carbocycles. The van der Waals surface area contributed by atoms with Crippen molar-refractivity contribution >= 4 is 11.8 Å². The molecule has 1 rings (SSSR count). The molecule has 0 fully saturated rings. The number of phenols is 2. The molecule has 1 aromatic carbocycles.